The number of carbonyl (C=O) groups excluding carboxylic acids is 2. The van der Waals surface area contributed by atoms with Crippen LogP contribution in [0.5, 0.6) is 5.75 Å². The molecule has 1 fully saturated rings. The van der Waals surface area contributed by atoms with Gasteiger partial charge in [0.05, 0.1) is 18.8 Å². The maximum Gasteiger partial charge on any atom is 0.319 e. The second-order valence-electron chi connectivity index (χ2n) is 5.97. The number of rotatable bonds is 4. The van der Waals surface area contributed by atoms with Gasteiger partial charge in [0.2, 0.25) is 5.91 Å². The molecule has 1 aliphatic rings. The van der Waals surface area contributed by atoms with Crippen LogP contribution in [-0.2, 0) is 4.79 Å². The van der Waals surface area contributed by atoms with Gasteiger partial charge < -0.3 is 20.7 Å². The third kappa shape index (κ3) is 4.03. The van der Waals surface area contributed by atoms with E-state index in [-0.39, 0.29) is 5.70 Å². The van der Waals surface area contributed by atoms with E-state index in [1.54, 1.807) is 24.3 Å². The van der Waals surface area contributed by atoms with Crippen molar-refractivity contribution in [2.75, 3.05) is 12.4 Å². The highest BCUT2D eigenvalue weighted by Gasteiger charge is 2.38. The predicted octanol–water partition coefficient (Wildman–Crippen LogP) is 3.61. The SMILES string of the molecule is C=C1NC(=O)N[C@@H](c2cccc(F)c2)[C@@H]1C(=O)Nc1cc(Cl)ccc1OC. The van der Waals surface area contributed by atoms with Crippen LogP contribution in [0.1, 0.15) is 11.6 Å². The van der Waals surface area contributed by atoms with Gasteiger partial charge in [-0.25, -0.2) is 9.18 Å². The number of urea groups is 1. The topological polar surface area (TPSA) is 79.5 Å². The van der Waals surface area contributed by atoms with E-state index in [4.69, 9.17) is 16.3 Å². The first kappa shape index (κ1) is 18.7. The van der Waals surface area contributed by atoms with Crippen molar-refractivity contribution < 1.29 is 18.7 Å². The number of hydrogen-bond acceptors (Lipinski definition) is 3. The van der Waals surface area contributed by atoms with E-state index in [0.717, 1.165) is 0 Å². The Morgan fingerprint density at radius 3 is 2.78 bits per heavy atom. The highest BCUT2D eigenvalue weighted by molar-refractivity contribution is 6.31. The lowest BCUT2D eigenvalue weighted by molar-refractivity contribution is -0.119. The van der Waals surface area contributed by atoms with Crippen molar-refractivity contribution in [3.8, 4) is 5.75 Å². The van der Waals surface area contributed by atoms with Crippen molar-refractivity contribution >= 4 is 29.2 Å². The van der Waals surface area contributed by atoms with Gasteiger partial charge in [-0.3, -0.25) is 4.79 Å². The summed E-state index contributed by atoms with van der Waals surface area (Å²) in [6.07, 6.45) is 0. The quantitative estimate of drug-likeness (QED) is 0.747. The van der Waals surface area contributed by atoms with Crippen molar-refractivity contribution in [3.63, 3.8) is 0 Å². The first-order chi connectivity index (χ1) is 12.9. The van der Waals surface area contributed by atoms with Crippen LogP contribution in [0, 0.1) is 11.7 Å². The lowest BCUT2D eigenvalue weighted by Crippen LogP contribution is -2.51. The molecular weight excluding hydrogens is 373 g/mol. The molecule has 0 bridgehead atoms. The summed E-state index contributed by atoms with van der Waals surface area (Å²) in [5, 5.41) is 8.30. The predicted molar refractivity (Wildman–Crippen MR) is 100 cm³/mol. The minimum Gasteiger partial charge on any atom is -0.495 e. The van der Waals surface area contributed by atoms with Crippen molar-refractivity contribution in [1.29, 1.82) is 0 Å². The maximum absolute atomic E-state index is 13.7. The molecule has 0 unspecified atom stereocenters. The van der Waals surface area contributed by atoms with Crippen LogP contribution >= 0.6 is 11.6 Å². The molecule has 2 aromatic carbocycles. The minimum atomic E-state index is -0.881. The fourth-order valence-corrected chi connectivity index (χ4v) is 3.13. The zero-order chi connectivity index (χ0) is 19.6. The molecule has 8 heteroatoms. The Balaban J connectivity index is 1.93. The summed E-state index contributed by atoms with van der Waals surface area (Å²) in [6.45, 7) is 3.78. The second-order valence-corrected chi connectivity index (χ2v) is 6.40. The molecule has 2 atom stereocenters. The fraction of sp³-hybridized carbons (Fsp3) is 0.158. The molecule has 0 saturated carbocycles. The Kier molecular flexibility index (Phi) is 5.32. The molecule has 3 N–H and O–H groups in total. The number of benzene rings is 2. The van der Waals surface area contributed by atoms with Gasteiger partial charge in [0.1, 0.15) is 17.5 Å². The van der Waals surface area contributed by atoms with E-state index in [1.807, 2.05) is 0 Å². The highest BCUT2D eigenvalue weighted by Crippen LogP contribution is 2.33. The number of anilines is 1. The summed E-state index contributed by atoms with van der Waals surface area (Å²) in [6, 6.07) is 9.20. The van der Waals surface area contributed by atoms with Crippen LogP contribution in [-0.4, -0.2) is 19.0 Å². The molecular formula is C19H17ClFN3O3. The van der Waals surface area contributed by atoms with Crippen LogP contribution in [0.25, 0.3) is 0 Å². The van der Waals surface area contributed by atoms with Crippen LogP contribution in [0.3, 0.4) is 0 Å². The van der Waals surface area contributed by atoms with Gasteiger partial charge in [0.25, 0.3) is 0 Å². The minimum absolute atomic E-state index is 0.200. The number of ether oxygens (including phenoxy) is 1. The molecule has 27 heavy (non-hydrogen) atoms. The number of methoxy groups -OCH3 is 1. The number of carbonyl (C=O) groups is 2. The summed E-state index contributed by atoms with van der Waals surface area (Å²) < 4.78 is 18.9. The summed E-state index contributed by atoms with van der Waals surface area (Å²) >= 11 is 6.00. The van der Waals surface area contributed by atoms with Crippen molar-refractivity contribution in [2.24, 2.45) is 5.92 Å². The molecule has 0 radical (unpaired) electrons. The Bertz CT molecular complexity index is 919. The van der Waals surface area contributed by atoms with Crippen molar-refractivity contribution in [3.05, 3.63) is 71.1 Å². The van der Waals surface area contributed by atoms with E-state index < -0.39 is 29.7 Å². The molecule has 0 aliphatic carbocycles. The lowest BCUT2D eigenvalue weighted by Gasteiger charge is -2.34. The van der Waals surface area contributed by atoms with Crippen molar-refractivity contribution in [1.82, 2.24) is 10.6 Å². The standard InChI is InChI=1S/C19H17ClFN3O3/c1-10-16(18(25)23-14-9-12(20)6-7-15(14)27-2)17(24-19(26)22-10)11-4-3-5-13(21)8-11/h3-9,16-17H,1H2,2H3,(H,23,25)(H2,22,24,26)/t16-,17+/m1/s1. The highest BCUT2D eigenvalue weighted by atomic mass is 35.5. The average Bonchev–Trinajstić information content (AvgIpc) is 2.61. The van der Waals surface area contributed by atoms with Gasteiger partial charge in [0, 0.05) is 10.7 Å². The number of nitrogens with one attached hydrogen (secondary N) is 3. The van der Waals surface area contributed by atoms with E-state index >= 15 is 0 Å². The monoisotopic (exact) mass is 389 g/mol. The van der Waals surface area contributed by atoms with E-state index in [2.05, 4.69) is 22.5 Å². The molecule has 140 valence electrons. The van der Waals surface area contributed by atoms with Gasteiger partial charge in [-0.2, -0.15) is 0 Å². The molecule has 1 saturated heterocycles. The van der Waals surface area contributed by atoms with Crippen LogP contribution < -0.4 is 20.7 Å². The molecule has 2 aromatic rings. The van der Waals surface area contributed by atoms with Crippen LogP contribution in [0.4, 0.5) is 14.9 Å². The van der Waals surface area contributed by atoms with Crippen molar-refractivity contribution in [2.45, 2.75) is 6.04 Å². The second kappa shape index (κ2) is 7.67. The number of amides is 3. The average molecular weight is 390 g/mol. The van der Waals surface area contributed by atoms with E-state index in [1.165, 1.54) is 25.3 Å². The zero-order valence-electron chi connectivity index (χ0n) is 14.4. The summed E-state index contributed by atoms with van der Waals surface area (Å²) in [5.74, 6) is -1.38. The van der Waals surface area contributed by atoms with Gasteiger partial charge >= 0.3 is 6.03 Å². The van der Waals surface area contributed by atoms with Crippen LogP contribution in [0.15, 0.2) is 54.7 Å². The maximum atomic E-state index is 13.7. The number of halogens is 2. The molecule has 1 heterocycles. The molecule has 3 amide bonds. The van der Waals surface area contributed by atoms with E-state index in [9.17, 15) is 14.0 Å². The summed E-state index contributed by atoms with van der Waals surface area (Å²) in [4.78, 5) is 24.8. The first-order valence-electron chi connectivity index (χ1n) is 8.05. The molecule has 0 aromatic heterocycles. The van der Waals surface area contributed by atoms with Gasteiger partial charge in [-0.1, -0.05) is 30.3 Å². The van der Waals surface area contributed by atoms with Gasteiger partial charge in [0.15, 0.2) is 0 Å². The molecule has 1 aliphatic heterocycles. The lowest BCUT2D eigenvalue weighted by atomic mass is 9.88. The Morgan fingerprint density at radius 2 is 2.07 bits per heavy atom. The molecule has 3 rings (SSSR count). The number of hydrogen-bond donors (Lipinski definition) is 3. The normalized spacial score (nSPS) is 19.1. The van der Waals surface area contributed by atoms with E-state index in [0.29, 0.717) is 22.0 Å². The molecule has 0 spiro atoms. The third-order valence-electron chi connectivity index (χ3n) is 4.18. The van der Waals surface area contributed by atoms with Crippen LogP contribution in [0.2, 0.25) is 5.02 Å². The largest absolute Gasteiger partial charge is 0.495 e. The summed E-state index contributed by atoms with van der Waals surface area (Å²) in [5.41, 5.74) is 1.02. The smallest absolute Gasteiger partial charge is 0.319 e. The van der Waals surface area contributed by atoms with Gasteiger partial charge in [-0.05, 0) is 35.9 Å². The summed E-state index contributed by atoms with van der Waals surface area (Å²) in [7, 11) is 1.47. The Morgan fingerprint density at radius 1 is 1.30 bits per heavy atom. The Labute approximate surface area is 160 Å². The first-order valence-corrected chi connectivity index (χ1v) is 8.43. The fourth-order valence-electron chi connectivity index (χ4n) is 2.96. The molecule has 6 nitrogen and oxygen atoms in total. The third-order valence-corrected chi connectivity index (χ3v) is 4.41. The zero-order valence-corrected chi connectivity index (χ0v) is 15.1. The van der Waals surface area contributed by atoms with Gasteiger partial charge in [-0.15, -0.1) is 0 Å². The Hall–Kier alpha value is -3.06.